The molecule has 3 aromatic rings. The lowest BCUT2D eigenvalue weighted by atomic mass is 10.0. The van der Waals surface area contributed by atoms with Crippen LogP contribution in [0.4, 0.5) is 13.2 Å². The SMILES string of the molecule is NC(=O)c1ccc(C(F)(F)F)cc1-c1nc(-c2ccccc2)cs1. The van der Waals surface area contributed by atoms with Crippen molar-refractivity contribution in [2.24, 2.45) is 5.73 Å². The molecule has 0 unspecified atom stereocenters. The van der Waals surface area contributed by atoms with Crippen LogP contribution in [0.2, 0.25) is 0 Å². The highest BCUT2D eigenvalue weighted by molar-refractivity contribution is 7.13. The highest BCUT2D eigenvalue weighted by Gasteiger charge is 2.32. The first kappa shape index (κ1) is 16.2. The van der Waals surface area contributed by atoms with Gasteiger partial charge in [-0.05, 0) is 18.2 Å². The van der Waals surface area contributed by atoms with Crippen LogP contribution in [-0.2, 0) is 6.18 Å². The number of rotatable bonds is 3. The maximum atomic E-state index is 13.0. The van der Waals surface area contributed by atoms with Crippen molar-refractivity contribution in [2.45, 2.75) is 6.18 Å². The molecule has 1 heterocycles. The summed E-state index contributed by atoms with van der Waals surface area (Å²) in [7, 11) is 0. The standard InChI is InChI=1S/C17H11F3N2OS/c18-17(19,20)11-6-7-12(15(21)23)13(8-11)16-22-14(9-24-16)10-4-2-1-3-5-10/h1-9H,(H2,21,23). The topological polar surface area (TPSA) is 56.0 Å². The van der Waals surface area contributed by atoms with E-state index in [-0.39, 0.29) is 11.1 Å². The predicted molar refractivity (Wildman–Crippen MR) is 86.5 cm³/mol. The first-order chi connectivity index (χ1) is 11.4. The van der Waals surface area contributed by atoms with E-state index < -0.39 is 17.6 Å². The number of thiazole rings is 1. The van der Waals surface area contributed by atoms with E-state index >= 15 is 0 Å². The molecule has 0 aliphatic rings. The molecular formula is C17H11F3N2OS. The van der Waals surface area contributed by atoms with Crippen LogP contribution in [0.3, 0.4) is 0 Å². The molecule has 0 spiro atoms. The zero-order valence-electron chi connectivity index (χ0n) is 12.2. The van der Waals surface area contributed by atoms with E-state index in [1.807, 2.05) is 30.3 Å². The van der Waals surface area contributed by atoms with Crippen molar-refractivity contribution in [1.29, 1.82) is 0 Å². The molecule has 0 radical (unpaired) electrons. The smallest absolute Gasteiger partial charge is 0.366 e. The molecular weight excluding hydrogens is 337 g/mol. The molecule has 3 nitrogen and oxygen atoms in total. The van der Waals surface area contributed by atoms with Gasteiger partial charge in [-0.3, -0.25) is 4.79 Å². The molecule has 0 aliphatic carbocycles. The van der Waals surface area contributed by atoms with Crippen molar-refractivity contribution in [1.82, 2.24) is 4.98 Å². The van der Waals surface area contributed by atoms with Gasteiger partial charge in [0.25, 0.3) is 0 Å². The van der Waals surface area contributed by atoms with Gasteiger partial charge >= 0.3 is 6.18 Å². The van der Waals surface area contributed by atoms with Crippen molar-refractivity contribution in [3.8, 4) is 21.8 Å². The summed E-state index contributed by atoms with van der Waals surface area (Å²) in [5, 5.41) is 2.05. The molecule has 7 heteroatoms. The van der Waals surface area contributed by atoms with E-state index in [0.717, 1.165) is 35.1 Å². The minimum atomic E-state index is -4.51. The molecule has 2 aromatic carbocycles. The second kappa shape index (κ2) is 6.09. The van der Waals surface area contributed by atoms with E-state index in [0.29, 0.717) is 10.7 Å². The Morgan fingerprint density at radius 1 is 1.08 bits per heavy atom. The molecule has 1 amide bonds. The van der Waals surface area contributed by atoms with Gasteiger partial charge < -0.3 is 5.73 Å². The Bertz CT molecular complexity index is 888. The normalized spacial score (nSPS) is 11.5. The molecule has 0 saturated carbocycles. The van der Waals surface area contributed by atoms with Gasteiger partial charge in [0, 0.05) is 22.1 Å². The highest BCUT2D eigenvalue weighted by Crippen LogP contribution is 2.36. The number of hydrogen-bond donors (Lipinski definition) is 1. The second-order valence-corrected chi connectivity index (χ2v) is 5.88. The Labute approximate surface area is 139 Å². The number of halogens is 3. The van der Waals surface area contributed by atoms with Crippen molar-refractivity contribution in [2.75, 3.05) is 0 Å². The number of primary amides is 1. The van der Waals surface area contributed by atoms with E-state index in [1.54, 1.807) is 5.38 Å². The Kier molecular flexibility index (Phi) is 4.11. The van der Waals surface area contributed by atoms with Crippen molar-refractivity contribution < 1.29 is 18.0 Å². The largest absolute Gasteiger partial charge is 0.416 e. The van der Waals surface area contributed by atoms with Crippen molar-refractivity contribution >= 4 is 17.2 Å². The fourth-order valence-corrected chi connectivity index (χ4v) is 3.11. The number of amides is 1. The second-order valence-electron chi connectivity index (χ2n) is 5.03. The molecule has 3 rings (SSSR count). The fraction of sp³-hybridized carbons (Fsp3) is 0.0588. The summed E-state index contributed by atoms with van der Waals surface area (Å²) in [6, 6.07) is 12.1. The zero-order valence-corrected chi connectivity index (χ0v) is 13.0. The highest BCUT2D eigenvalue weighted by atomic mass is 32.1. The first-order valence-corrected chi connectivity index (χ1v) is 7.76. The van der Waals surface area contributed by atoms with Crippen LogP contribution in [0.25, 0.3) is 21.8 Å². The molecule has 0 saturated heterocycles. The molecule has 0 aliphatic heterocycles. The van der Waals surface area contributed by atoms with Gasteiger partial charge in [0.1, 0.15) is 5.01 Å². The van der Waals surface area contributed by atoms with Crippen LogP contribution in [0.15, 0.2) is 53.9 Å². The lowest BCUT2D eigenvalue weighted by Crippen LogP contribution is -2.14. The van der Waals surface area contributed by atoms with Crippen LogP contribution in [0.5, 0.6) is 0 Å². The van der Waals surface area contributed by atoms with E-state index in [2.05, 4.69) is 4.98 Å². The summed E-state index contributed by atoms with van der Waals surface area (Å²) < 4.78 is 38.9. The minimum Gasteiger partial charge on any atom is -0.366 e. The van der Waals surface area contributed by atoms with E-state index in [1.165, 1.54) is 0 Å². The van der Waals surface area contributed by atoms with Crippen molar-refractivity contribution in [3.63, 3.8) is 0 Å². The first-order valence-electron chi connectivity index (χ1n) is 6.88. The Morgan fingerprint density at radius 2 is 1.79 bits per heavy atom. The lowest BCUT2D eigenvalue weighted by Gasteiger charge is -2.10. The van der Waals surface area contributed by atoms with Crippen LogP contribution < -0.4 is 5.73 Å². The van der Waals surface area contributed by atoms with Crippen molar-refractivity contribution in [3.05, 3.63) is 65.0 Å². The summed E-state index contributed by atoms with van der Waals surface area (Å²) in [5.74, 6) is -0.796. The average Bonchev–Trinajstić information content (AvgIpc) is 3.04. The number of aromatic nitrogens is 1. The van der Waals surface area contributed by atoms with Gasteiger partial charge in [0.2, 0.25) is 5.91 Å². The maximum Gasteiger partial charge on any atom is 0.416 e. The number of nitrogens with zero attached hydrogens (tertiary/aromatic N) is 1. The molecule has 0 bridgehead atoms. The summed E-state index contributed by atoms with van der Waals surface area (Å²) in [4.78, 5) is 15.9. The molecule has 122 valence electrons. The summed E-state index contributed by atoms with van der Waals surface area (Å²) in [5.41, 5.74) is 6.00. The van der Waals surface area contributed by atoms with Gasteiger partial charge in [-0.2, -0.15) is 13.2 Å². The van der Waals surface area contributed by atoms with Crippen LogP contribution in [-0.4, -0.2) is 10.9 Å². The van der Waals surface area contributed by atoms with Gasteiger partial charge in [-0.15, -0.1) is 11.3 Å². The predicted octanol–water partition coefficient (Wildman–Crippen LogP) is 4.59. The van der Waals surface area contributed by atoms with E-state index in [4.69, 9.17) is 5.73 Å². The zero-order chi connectivity index (χ0) is 17.3. The minimum absolute atomic E-state index is 0.0111. The average molecular weight is 348 g/mol. The summed E-state index contributed by atoms with van der Waals surface area (Å²) in [6.45, 7) is 0. The number of alkyl halides is 3. The van der Waals surface area contributed by atoms with Crippen LogP contribution >= 0.6 is 11.3 Å². The van der Waals surface area contributed by atoms with Gasteiger partial charge in [0.15, 0.2) is 0 Å². The Morgan fingerprint density at radius 3 is 2.42 bits per heavy atom. The molecule has 0 fully saturated rings. The number of carbonyl (C=O) groups is 1. The molecule has 1 aromatic heterocycles. The van der Waals surface area contributed by atoms with Gasteiger partial charge in [0.05, 0.1) is 11.3 Å². The molecule has 2 N–H and O–H groups in total. The number of benzene rings is 2. The Balaban J connectivity index is 2.11. The summed E-state index contributed by atoms with van der Waals surface area (Å²) in [6.07, 6.45) is -4.51. The number of hydrogen-bond acceptors (Lipinski definition) is 3. The maximum absolute atomic E-state index is 13.0. The third kappa shape index (κ3) is 3.16. The quantitative estimate of drug-likeness (QED) is 0.752. The molecule has 24 heavy (non-hydrogen) atoms. The lowest BCUT2D eigenvalue weighted by molar-refractivity contribution is -0.137. The van der Waals surface area contributed by atoms with E-state index in [9.17, 15) is 18.0 Å². The number of carbonyl (C=O) groups excluding carboxylic acids is 1. The van der Waals surface area contributed by atoms with Gasteiger partial charge in [-0.25, -0.2) is 4.98 Å². The third-order valence-corrected chi connectivity index (χ3v) is 4.29. The monoisotopic (exact) mass is 348 g/mol. The van der Waals surface area contributed by atoms with Crippen LogP contribution in [0.1, 0.15) is 15.9 Å². The van der Waals surface area contributed by atoms with Gasteiger partial charge in [-0.1, -0.05) is 30.3 Å². The molecule has 0 atom stereocenters. The fourth-order valence-electron chi connectivity index (χ4n) is 2.25. The third-order valence-electron chi connectivity index (χ3n) is 3.42. The number of nitrogens with two attached hydrogens (primary N) is 1. The summed E-state index contributed by atoms with van der Waals surface area (Å²) >= 11 is 1.16. The Hall–Kier alpha value is -2.67. The van der Waals surface area contributed by atoms with Crippen LogP contribution in [0, 0.1) is 0 Å².